The molecule has 2 nitrogen and oxygen atoms in total. The number of piperazine rings is 1. The predicted molar refractivity (Wildman–Crippen MR) is 84.1 cm³/mol. The molecule has 3 heteroatoms. The summed E-state index contributed by atoms with van der Waals surface area (Å²) in [5.41, 5.74) is 1.43. The van der Waals surface area contributed by atoms with Gasteiger partial charge in [-0.1, -0.05) is 38.4 Å². The minimum Gasteiger partial charge on any atom is -0.365 e. The minimum atomic E-state index is 0.188. The first kappa shape index (κ1) is 14.7. The molecule has 1 fully saturated rings. The fraction of sp³-hybridized carbons (Fsp3) is 0.625. The molecule has 1 saturated heterocycles. The predicted octanol–water partition coefficient (Wildman–Crippen LogP) is 3.94. The molecule has 1 aromatic carbocycles. The van der Waals surface area contributed by atoms with E-state index in [1.807, 2.05) is 12.1 Å². The van der Waals surface area contributed by atoms with Crippen molar-refractivity contribution in [3.63, 3.8) is 0 Å². The largest absolute Gasteiger partial charge is 0.365 e. The summed E-state index contributed by atoms with van der Waals surface area (Å²) in [6.45, 7) is 11.2. The molecule has 2 atom stereocenters. The maximum absolute atomic E-state index is 6.15. The van der Waals surface area contributed by atoms with Gasteiger partial charge >= 0.3 is 0 Å². The molecule has 1 aliphatic rings. The quantitative estimate of drug-likeness (QED) is 0.902. The fourth-order valence-electron chi connectivity index (χ4n) is 2.78. The maximum Gasteiger partial charge on any atom is 0.0438 e. The van der Waals surface area contributed by atoms with Crippen LogP contribution in [0, 0.1) is 5.92 Å². The highest BCUT2D eigenvalue weighted by Crippen LogP contribution is 2.29. The number of nitrogens with zero attached hydrogens (tertiary/aromatic N) is 1. The van der Waals surface area contributed by atoms with Gasteiger partial charge in [-0.25, -0.2) is 0 Å². The molecule has 1 N–H and O–H groups in total. The monoisotopic (exact) mass is 280 g/mol. The lowest BCUT2D eigenvalue weighted by Crippen LogP contribution is -2.64. The Morgan fingerprint density at radius 1 is 1.47 bits per heavy atom. The van der Waals surface area contributed by atoms with E-state index in [-0.39, 0.29) is 5.54 Å². The lowest BCUT2D eigenvalue weighted by atomic mass is 9.89. The molecule has 106 valence electrons. The number of hydrogen-bond acceptors (Lipinski definition) is 2. The first-order chi connectivity index (χ1) is 8.95. The Morgan fingerprint density at radius 2 is 2.21 bits per heavy atom. The Kier molecular flexibility index (Phi) is 4.42. The first-order valence-corrected chi connectivity index (χ1v) is 7.60. The van der Waals surface area contributed by atoms with Gasteiger partial charge < -0.3 is 10.2 Å². The third-order valence-electron chi connectivity index (χ3n) is 4.35. The zero-order chi connectivity index (χ0) is 14.0. The van der Waals surface area contributed by atoms with Crippen molar-refractivity contribution >= 4 is 17.3 Å². The van der Waals surface area contributed by atoms with Crippen molar-refractivity contribution in [2.75, 3.05) is 18.0 Å². The summed E-state index contributed by atoms with van der Waals surface area (Å²) in [6, 6.07) is 8.76. The summed E-state index contributed by atoms with van der Waals surface area (Å²) < 4.78 is 0. The average Bonchev–Trinajstić information content (AvgIpc) is 2.38. The number of halogens is 1. The molecule has 1 aliphatic heterocycles. The number of rotatable bonds is 3. The van der Waals surface area contributed by atoms with E-state index in [0.717, 1.165) is 24.5 Å². The molecule has 0 spiro atoms. The van der Waals surface area contributed by atoms with Crippen molar-refractivity contribution in [2.45, 2.75) is 45.7 Å². The Bertz CT molecular complexity index is 433. The Labute approximate surface area is 122 Å². The molecule has 2 unspecified atom stereocenters. The van der Waals surface area contributed by atoms with Crippen LogP contribution in [0.3, 0.4) is 0 Å². The molecule has 1 heterocycles. The molecule has 0 saturated carbocycles. The van der Waals surface area contributed by atoms with Crippen LogP contribution in [0.2, 0.25) is 5.02 Å². The second kappa shape index (κ2) is 5.72. The third kappa shape index (κ3) is 3.24. The second-order valence-electron chi connectivity index (χ2n) is 6.21. The van der Waals surface area contributed by atoms with Gasteiger partial charge in [0.1, 0.15) is 0 Å². The van der Waals surface area contributed by atoms with Crippen LogP contribution in [-0.4, -0.2) is 24.7 Å². The summed E-state index contributed by atoms with van der Waals surface area (Å²) in [5.74, 6) is 0.618. The van der Waals surface area contributed by atoms with Crippen molar-refractivity contribution in [1.82, 2.24) is 5.32 Å². The van der Waals surface area contributed by atoms with Gasteiger partial charge in [0, 0.05) is 35.4 Å². The first-order valence-electron chi connectivity index (χ1n) is 7.22. The topological polar surface area (TPSA) is 15.3 Å². The molecule has 0 bridgehead atoms. The summed E-state index contributed by atoms with van der Waals surface area (Å²) in [7, 11) is 0. The maximum atomic E-state index is 6.15. The smallest absolute Gasteiger partial charge is 0.0438 e. The van der Waals surface area contributed by atoms with E-state index in [2.05, 4.69) is 50.0 Å². The van der Waals surface area contributed by atoms with Crippen LogP contribution in [0.15, 0.2) is 24.3 Å². The highest BCUT2D eigenvalue weighted by Gasteiger charge is 2.35. The van der Waals surface area contributed by atoms with Crippen molar-refractivity contribution < 1.29 is 0 Å². The fourth-order valence-corrected chi connectivity index (χ4v) is 2.96. The minimum absolute atomic E-state index is 0.188. The Balaban J connectivity index is 2.30. The van der Waals surface area contributed by atoms with E-state index in [0.29, 0.717) is 12.0 Å². The van der Waals surface area contributed by atoms with E-state index in [9.17, 15) is 0 Å². The van der Waals surface area contributed by atoms with Crippen LogP contribution in [-0.2, 0) is 0 Å². The van der Waals surface area contributed by atoms with Crippen LogP contribution >= 0.6 is 11.6 Å². The van der Waals surface area contributed by atoms with E-state index >= 15 is 0 Å². The number of nitrogens with one attached hydrogen (secondary N) is 1. The summed E-state index contributed by atoms with van der Waals surface area (Å²) >= 11 is 6.15. The van der Waals surface area contributed by atoms with E-state index < -0.39 is 0 Å². The number of benzene rings is 1. The lowest BCUT2D eigenvalue weighted by Gasteiger charge is -2.48. The Morgan fingerprint density at radius 3 is 2.79 bits per heavy atom. The molecule has 1 aromatic rings. The SMILES string of the molecule is CCC1(C)CN(c2cccc(Cl)c2)C(C(C)C)CN1. The molecule has 0 radical (unpaired) electrons. The van der Waals surface area contributed by atoms with E-state index in [4.69, 9.17) is 11.6 Å². The van der Waals surface area contributed by atoms with Crippen LogP contribution in [0.25, 0.3) is 0 Å². The van der Waals surface area contributed by atoms with Gasteiger partial charge in [-0.2, -0.15) is 0 Å². The van der Waals surface area contributed by atoms with Crippen molar-refractivity contribution in [3.8, 4) is 0 Å². The van der Waals surface area contributed by atoms with Gasteiger partial charge in [0.05, 0.1) is 0 Å². The summed E-state index contributed by atoms with van der Waals surface area (Å²) in [4.78, 5) is 2.52. The second-order valence-corrected chi connectivity index (χ2v) is 6.65. The molecule has 2 rings (SSSR count). The Hall–Kier alpha value is -0.730. The van der Waals surface area contributed by atoms with E-state index in [1.165, 1.54) is 5.69 Å². The molecule has 0 aromatic heterocycles. The molecule has 19 heavy (non-hydrogen) atoms. The van der Waals surface area contributed by atoms with Crippen LogP contribution in [0.4, 0.5) is 5.69 Å². The van der Waals surface area contributed by atoms with Crippen molar-refractivity contribution in [2.24, 2.45) is 5.92 Å². The van der Waals surface area contributed by atoms with Crippen LogP contribution in [0.5, 0.6) is 0 Å². The van der Waals surface area contributed by atoms with E-state index in [1.54, 1.807) is 0 Å². The van der Waals surface area contributed by atoms with Crippen molar-refractivity contribution in [1.29, 1.82) is 0 Å². The van der Waals surface area contributed by atoms with Gasteiger partial charge in [0.2, 0.25) is 0 Å². The van der Waals surface area contributed by atoms with Crippen LogP contribution < -0.4 is 10.2 Å². The molecule has 0 amide bonds. The van der Waals surface area contributed by atoms with Gasteiger partial charge in [0.15, 0.2) is 0 Å². The molecular weight excluding hydrogens is 256 g/mol. The number of anilines is 1. The van der Waals surface area contributed by atoms with Gasteiger partial charge in [-0.3, -0.25) is 0 Å². The highest BCUT2D eigenvalue weighted by molar-refractivity contribution is 6.30. The summed E-state index contributed by atoms with van der Waals surface area (Å²) in [5, 5.41) is 4.53. The lowest BCUT2D eigenvalue weighted by molar-refractivity contribution is 0.253. The summed E-state index contributed by atoms with van der Waals surface area (Å²) in [6.07, 6.45) is 1.13. The zero-order valence-corrected chi connectivity index (χ0v) is 13.2. The molecule has 0 aliphatic carbocycles. The van der Waals surface area contributed by atoms with Crippen molar-refractivity contribution in [3.05, 3.63) is 29.3 Å². The van der Waals surface area contributed by atoms with Gasteiger partial charge in [0.25, 0.3) is 0 Å². The standard InChI is InChI=1S/C16H25ClN2/c1-5-16(4)11-19(15(10-18-16)12(2)3)14-8-6-7-13(17)9-14/h6-9,12,15,18H,5,10-11H2,1-4H3. The number of hydrogen-bond donors (Lipinski definition) is 1. The highest BCUT2D eigenvalue weighted by atomic mass is 35.5. The van der Waals surface area contributed by atoms with Gasteiger partial charge in [-0.15, -0.1) is 0 Å². The van der Waals surface area contributed by atoms with Crippen LogP contribution in [0.1, 0.15) is 34.1 Å². The average molecular weight is 281 g/mol. The molecular formula is C16H25ClN2. The normalized spacial score (nSPS) is 27.9. The van der Waals surface area contributed by atoms with Gasteiger partial charge in [-0.05, 0) is 37.5 Å². The third-order valence-corrected chi connectivity index (χ3v) is 4.58. The zero-order valence-electron chi connectivity index (χ0n) is 12.4.